The summed E-state index contributed by atoms with van der Waals surface area (Å²) in [7, 11) is 0. The van der Waals surface area contributed by atoms with Crippen LogP contribution in [0.5, 0.6) is 0 Å². The molecule has 3 rings (SSSR count). The lowest BCUT2D eigenvalue weighted by atomic mass is 9.14. The normalized spacial score (nSPS) is 12.2. The highest BCUT2D eigenvalue weighted by Crippen LogP contribution is 2.18. The SMILES string of the molecule is CC(C)[B-](c1cc[nH]n1)(c1cc[nH]n1)c1cc[nH]n1. The topological polar surface area (TPSA) is 86.0 Å². The molecule has 0 saturated heterocycles. The van der Waals surface area contributed by atoms with Crippen LogP contribution in [0.25, 0.3) is 0 Å². The summed E-state index contributed by atoms with van der Waals surface area (Å²) in [5.41, 5.74) is 2.94. The van der Waals surface area contributed by atoms with Gasteiger partial charge in [0.15, 0.2) is 6.15 Å². The van der Waals surface area contributed by atoms with Crippen molar-refractivity contribution in [3.8, 4) is 0 Å². The fraction of sp³-hybridized carbons (Fsp3) is 0.250. The summed E-state index contributed by atoms with van der Waals surface area (Å²) in [5.74, 6) is 0.315. The minimum absolute atomic E-state index is 0.315. The smallest absolute Gasteiger partial charge is 0.153 e. The Morgan fingerprint density at radius 3 is 1.37 bits per heavy atom. The molecule has 19 heavy (non-hydrogen) atoms. The fourth-order valence-corrected chi connectivity index (χ4v) is 3.06. The first-order chi connectivity index (χ1) is 9.26. The Labute approximate surface area is 110 Å². The zero-order chi connectivity index (χ0) is 13.3. The molecule has 0 aliphatic carbocycles. The van der Waals surface area contributed by atoms with E-state index in [1.165, 1.54) is 0 Å². The number of rotatable bonds is 4. The van der Waals surface area contributed by atoms with Gasteiger partial charge in [-0.15, -0.1) is 0 Å². The number of nitrogens with one attached hydrogen (secondary N) is 3. The molecule has 0 radical (unpaired) electrons. The Kier molecular flexibility index (Phi) is 2.74. The molecule has 0 amide bonds. The summed E-state index contributed by atoms with van der Waals surface area (Å²) in [6.45, 7) is 4.36. The van der Waals surface area contributed by atoms with E-state index in [4.69, 9.17) is 0 Å². The van der Waals surface area contributed by atoms with E-state index in [9.17, 15) is 0 Å². The van der Waals surface area contributed by atoms with Gasteiger partial charge in [0.25, 0.3) is 0 Å². The second kappa shape index (κ2) is 4.42. The molecular weight excluding hydrogens is 239 g/mol. The Bertz CT molecular complexity index is 527. The van der Waals surface area contributed by atoms with Crippen molar-refractivity contribution in [3.05, 3.63) is 36.8 Å². The van der Waals surface area contributed by atoms with Gasteiger partial charge >= 0.3 is 0 Å². The molecule has 0 spiro atoms. The quantitative estimate of drug-likeness (QED) is 0.561. The van der Waals surface area contributed by atoms with E-state index < -0.39 is 6.15 Å². The highest BCUT2D eigenvalue weighted by atomic mass is 15.1. The zero-order valence-corrected chi connectivity index (χ0v) is 11.0. The predicted octanol–water partition coefficient (Wildman–Crippen LogP) is -0.264. The van der Waals surface area contributed by atoms with Crippen LogP contribution in [0, 0.1) is 0 Å². The van der Waals surface area contributed by atoms with Gasteiger partial charge in [-0.05, 0) is 0 Å². The van der Waals surface area contributed by atoms with Crippen LogP contribution in [0.15, 0.2) is 36.8 Å². The van der Waals surface area contributed by atoms with Crippen LogP contribution in [0.2, 0.25) is 5.82 Å². The first-order valence-corrected chi connectivity index (χ1v) is 6.43. The van der Waals surface area contributed by atoms with Crippen molar-refractivity contribution in [2.24, 2.45) is 0 Å². The highest BCUT2D eigenvalue weighted by molar-refractivity contribution is 7.11. The molecule has 3 aromatic rings. The van der Waals surface area contributed by atoms with Crippen LogP contribution in [0.1, 0.15) is 13.8 Å². The number of nitrogens with zero attached hydrogens (tertiary/aromatic N) is 3. The molecule has 0 aliphatic rings. The Hall–Kier alpha value is -2.31. The molecule has 0 atom stereocenters. The van der Waals surface area contributed by atoms with E-state index in [0.717, 1.165) is 16.8 Å². The highest BCUT2D eigenvalue weighted by Gasteiger charge is 2.38. The van der Waals surface area contributed by atoms with Crippen LogP contribution in [0.3, 0.4) is 0 Å². The third-order valence-corrected chi connectivity index (χ3v) is 3.97. The summed E-state index contributed by atoms with van der Waals surface area (Å²) in [5, 5.41) is 22.0. The third-order valence-electron chi connectivity index (χ3n) is 3.97. The summed E-state index contributed by atoms with van der Waals surface area (Å²) >= 11 is 0. The molecular formula is C12H16BN6-. The van der Waals surface area contributed by atoms with Gasteiger partial charge < -0.3 is 0 Å². The molecule has 0 aromatic carbocycles. The molecule has 98 valence electrons. The van der Waals surface area contributed by atoms with Crippen LogP contribution >= 0.6 is 0 Å². The van der Waals surface area contributed by atoms with Gasteiger partial charge in [-0.2, -0.15) is 5.82 Å². The van der Waals surface area contributed by atoms with Gasteiger partial charge in [0.05, 0.1) is 0 Å². The first-order valence-electron chi connectivity index (χ1n) is 6.43. The van der Waals surface area contributed by atoms with Gasteiger partial charge in [0, 0.05) is 18.6 Å². The average molecular weight is 255 g/mol. The monoisotopic (exact) mass is 255 g/mol. The van der Waals surface area contributed by atoms with Crippen LogP contribution in [-0.4, -0.2) is 36.7 Å². The van der Waals surface area contributed by atoms with Crippen molar-refractivity contribution in [2.45, 2.75) is 19.7 Å². The second-order valence-electron chi connectivity index (χ2n) is 5.17. The lowest BCUT2D eigenvalue weighted by Crippen LogP contribution is -2.70. The third kappa shape index (κ3) is 1.61. The maximum Gasteiger partial charge on any atom is 0.153 e. The second-order valence-corrected chi connectivity index (χ2v) is 5.17. The lowest BCUT2D eigenvalue weighted by Gasteiger charge is -2.39. The number of aromatic nitrogens is 6. The Morgan fingerprint density at radius 1 is 0.789 bits per heavy atom. The summed E-state index contributed by atoms with van der Waals surface area (Å²) in [4.78, 5) is 0. The maximum atomic E-state index is 4.42. The Morgan fingerprint density at radius 2 is 1.16 bits per heavy atom. The number of aromatic amines is 3. The van der Waals surface area contributed by atoms with E-state index in [1.807, 2.05) is 36.8 Å². The predicted molar refractivity (Wildman–Crippen MR) is 75.5 cm³/mol. The van der Waals surface area contributed by atoms with Crippen molar-refractivity contribution in [2.75, 3.05) is 0 Å². The van der Waals surface area contributed by atoms with Crippen LogP contribution < -0.4 is 16.8 Å². The van der Waals surface area contributed by atoms with E-state index in [0.29, 0.717) is 5.82 Å². The fourth-order valence-electron chi connectivity index (χ4n) is 3.06. The average Bonchev–Trinajstić information content (AvgIpc) is 3.15. The van der Waals surface area contributed by atoms with E-state index in [2.05, 4.69) is 44.4 Å². The summed E-state index contributed by atoms with van der Waals surface area (Å²) in [6.07, 6.45) is 4.25. The van der Waals surface area contributed by atoms with Gasteiger partial charge in [-0.25, -0.2) is 15.3 Å². The molecule has 3 aromatic heterocycles. The molecule has 0 aliphatic heterocycles. The molecule has 7 heteroatoms. The van der Waals surface area contributed by atoms with Crippen LogP contribution in [-0.2, 0) is 0 Å². The molecule has 3 heterocycles. The van der Waals surface area contributed by atoms with Gasteiger partial charge in [-0.3, -0.25) is 15.3 Å². The van der Waals surface area contributed by atoms with Crippen molar-refractivity contribution in [1.29, 1.82) is 0 Å². The zero-order valence-electron chi connectivity index (χ0n) is 11.0. The van der Waals surface area contributed by atoms with Crippen molar-refractivity contribution < 1.29 is 0 Å². The summed E-state index contributed by atoms with van der Waals surface area (Å²) < 4.78 is 0. The van der Waals surface area contributed by atoms with Crippen LogP contribution in [0.4, 0.5) is 0 Å². The van der Waals surface area contributed by atoms with Crippen molar-refractivity contribution in [3.63, 3.8) is 0 Å². The molecule has 0 saturated carbocycles. The Balaban J connectivity index is 2.30. The number of H-pyrrole nitrogens is 3. The van der Waals surface area contributed by atoms with E-state index >= 15 is 0 Å². The van der Waals surface area contributed by atoms with Crippen molar-refractivity contribution >= 4 is 22.9 Å². The van der Waals surface area contributed by atoms with E-state index in [-0.39, 0.29) is 0 Å². The van der Waals surface area contributed by atoms with Gasteiger partial charge in [0.1, 0.15) is 0 Å². The standard InChI is InChI=1S/C12H16BN6/c1-9(2)13(10-3-6-14-17-10,11-4-7-15-18-11)12-5-8-16-19-12/h3-9H,1-2H3,(H,14,17)(H,15,18)(H,16,19)/q-1. The minimum atomic E-state index is -1.27. The molecule has 3 N–H and O–H groups in total. The van der Waals surface area contributed by atoms with Crippen molar-refractivity contribution in [1.82, 2.24) is 30.6 Å². The van der Waals surface area contributed by atoms with Gasteiger partial charge in [-0.1, -0.05) is 48.8 Å². The number of hydrogen-bond acceptors (Lipinski definition) is 3. The van der Waals surface area contributed by atoms with Gasteiger partial charge in [0.2, 0.25) is 0 Å². The first kappa shape index (κ1) is 11.8. The molecule has 0 fully saturated rings. The molecule has 0 bridgehead atoms. The minimum Gasteiger partial charge on any atom is -0.289 e. The molecule has 0 unspecified atom stereocenters. The lowest BCUT2D eigenvalue weighted by molar-refractivity contribution is 1.00. The maximum absolute atomic E-state index is 4.42. The van der Waals surface area contributed by atoms with E-state index in [1.54, 1.807) is 0 Å². The summed E-state index contributed by atoms with van der Waals surface area (Å²) in [6, 6.07) is 6.01. The number of hydrogen-bond donors (Lipinski definition) is 3. The largest absolute Gasteiger partial charge is 0.289 e. The molecule has 6 nitrogen and oxygen atoms in total.